The van der Waals surface area contributed by atoms with Crippen LogP contribution in [0.5, 0.6) is 0 Å². The Morgan fingerprint density at radius 3 is 2.93 bits per heavy atom. The number of furan rings is 1. The summed E-state index contributed by atoms with van der Waals surface area (Å²) in [5.74, 6) is 1.00. The molecule has 0 bridgehead atoms. The van der Waals surface area contributed by atoms with Gasteiger partial charge in [0.05, 0.1) is 6.54 Å². The van der Waals surface area contributed by atoms with Crippen molar-refractivity contribution in [2.45, 2.75) is 13.0 Å². The molecular weight excluding hydrogens is 321 g/mol. The molecule has 0 atom stereocenters. The summed E-state index contributed by atoms with van der Waals surface area (Å²) in [6.07, 6.45) is 1.08. The molecule has 0 amide bonds. The lowest BCUT2D eigenvalue weighted by molar-refractivity contribution is 0.464. The van der Waals surface area contributed by atoms with E-state index in [9.17, 15) is 0 Å². The second-order valence-corrected chi connectivity index (χ2v) is 5.11. The standard InChI is InChI=1S/C11H12INOS/c12-11-2-1-10(14-11)7-13-5-3-9-4-6-15-8-9/h1-2,4,6,8,13H,3,5,7H2. The summed E-state index contributed by atoms with van der Waals surface area (Å²) in [4.78, 5) is 0. The van der Waals surface area contributed by atoms with Gasteiger partial charge in [0, 0.05) is 0 Å². The summed E-state index contributed by atoms with van der Waals surface area (Å²) in [6, 6.07) is 6.16. The SMILES string of the molecule is Ic1ccc(CNCCc2ccsc2)o1. The fourth-order valence-electron chi connectivity index (χ4n) is 1.33. The first-order chi connectivity index (χ1) is 7.34. The van der Waals surface area contributed by atoms with E-state index in [1.54, 1.807) is 11.3 Å². The first kappa shape index (κ1) is 11.2. The van der Waals surface area contributed by atoms with Crippen molar-refractivity contribution in [3.63, 3.8) is 0 Å². The Bertz CT molecular complexity index is 396. The lowest BCUT2D eigenvalue weighted by Gasteiger charge is -2.00. The average molecular weight is 333 g/mol. The molecule has 2 aromatic heterocycles. The van der Waals surface area contributed by atoms with Crippen LogP contribution < -0.4 is 5.32 Å². The molecule has 0 aliphatic heterocycles. The molecule has 2 nitrogen and oxygen atoms in total. The number of halogens is 1. The minimum atomic E-state index is 0.813. The third kappa shape index (κ3) is 3.62. The summed E-state index contributed by atoms with van der Waals surface area (Å²) in [5, 5.41) is 7.67. The minimum absolute atomic E-state index is 0.813. The van der Waals surface area contributed by atoms with Crippen molar-refractivity contribution in [2.24, 2.45) is 0 Å². The highest BCUT2D eigenvalue weighted by atomic mass is 127. The van der Waals surface area contributed by atoms with Crippen molar-refractivity contribution in [2.75, 3.05) is 6.54 Å². The van der Waals surface area contributed by atoms with E-state index in [0.717, 1.165) is 29.0 Å². The highest BCUT2D eigenvalue weighted by Crippen LogP contribution is 2.10. The smallest absolute Gasteiger partial charge is 0.164 e. The lowest BCUT2D eigenvalue weighted by atomic mass is 10.2. The van der Waals surface area contributed by atoms with Crippen LogP contribution in [-0.2, 0) is 13.0 Å². The van der Waals surface area contributed by atoms with Crippen LogP contribution in [0.2, 0.25) is 0 Å². The van der Waals surface area contributed by atoms with Crippen LogP contribution in [0.1, 0.15) is 11.3 Å². The summed E-state index contributed by atoms with van der Waals surface area (Å²) < 4.78 is 6.39. The summed E-state index contributed by atoms with van der Waals surface area (Å²) >= 11 is 3.93. The van der Waals surface area contributed by atoms with Crippen molar-refractivity contribution in [3.05, 3.63) is 44.0 Å². The van der Waals surface area contributed by atoms with Gasteiger partial charge in [-0.05, 0) is 70.1 Å². The molecule has 0 saturated carbocycles. The second kappa shape index (κ2) is 5.67. The molecule has 80 valence electrons. The Balaban J connectivity index is 1.67. The number of nitrogens with one attached hydrogen (secondary N) is 1. The predicted molar refractivity (Wildman–Crippen MR) is 71.2 cm³/mol. The topological polar surface area (TPSA) is 25.2 Å². The van der Waals surface area contributed by atoms with E-state index < -0.39 is 0 Å². The molecule has 15 heavy (non-hydrogen) atoms. The van der Waals surface area contributed by atoms with Crippen molar-refractivity contribution >= 4 is 33.9 Å². The Labute approximate surface area is 107 Å². The van der Waals surface area contributed by atoms with Gasteiger partial charge in [0.1, 0.15) is 5.76 Å². The molecule has 0 aromatic carbocycles. The van der Waals surface area contributed by atoms with Gasteiger partial charge < -0.3 is 9.73 Å². The Hall–Kier alpha value is -0.330. The van der Waals surface area contributed by atoms with E-state index in [-0.39, 0.29) is 0 Å². The molecule has 0 spiro atoms. The van der Waals surface area contributed by atoms with Crippen molar-refractivity contribution in [3.8, 4) is 0 Å². The Morgan fingerprint density at radius 1 is 1.33 bits per heavy atom. The first-order valence-electron chi connectivity index (χ1n) is 4.80. The van der Waals surface area contributed by atoms with Crippen LogP contribution in [0.25, 0.3) is 0 Å². The quantitative estimate of drug-likeness (QED) is 0.671. The van der Waals surface area contributed by atoms with E-state index in [0.29, 0.717) is 0 Å². The highest BCUT2D eigenvalue weighted by Gasteiger charge is 1.98. The van der Waals surface area contributed by atoms with Gasteiger partial charge in [-0.15, -0.1) is 0 Å². The number of hydrogen-bond donors (Lipinski definition) is 1. The third-order valence-corrected chi connectivity index (χ3v) is 3.41. The number of hydrogen-bond acceptors (Lipinski definition) is 3. The van der Waals surface area contributed by atoms with Gasteiger partial charge in [-0.3, -0.25) is 0 Å². The van der Waals surface area contributed by atoms with Crippen molar-refractivity contribution in [1.82, 2.24) is 5.32 Å². The molecule has 0 aliphatic carbocycles. The first-order valence-corrected chi connectivity index (χ1v) is 6.83. The van der Waals surface area contributed by atoms with Crippen LogP contribution >= 0.6 is 33.9 Å². The second-order valence-electron chi connectivity index (χ2n) is 3.26. The Kier molecular flexibility index (Phi) is 4.22. The zero-order valence-corrected chi connectivity index (χ0v) is 11.2. The summed E-state index contributed by atoms with van der Waals surface area (Å²) in [5.41, 5.74) is 1.40. The summed E-state index contributed by atoms with van der Waals surface area (Å²) in [7, 11) is 0. The van der Waals surface area contributed by atoms with Crippen LogP contribution in [0.4, 0.5) is 0 Å². The third-order valence-electron chi connectivity index (χ3n) is 2.10. The molecular formula is C11H12INOS. The maximum atomic E-state index is 5.45. The molecule has 2 rings (SSSR count). The van der Waals surface area contributed by atoms with Gasteiger partial charge in [-0.1, -0.05) is 0 Å². The molecule has 1 N–H and O–H groups in total. The fraction of sp³-hybridized carbons (Fsp3) is 0.273. The van der Waals surface area contributed by atoms with Gasteiger partial charge >= 0.3 is 0 Å². The highest BCUT2D eigenvalue weighted by molar-refractivity contribution is 14.1. The van der Waals surface area contributed by atoms with Gasteiger partial charge in [0.25, 0.3) is 0 Å². The maximum Gasteiger partial charge on any atom is 0.164 e. The van der Waals surface area contributed by atoms with E-state index in [4.69, 9.17) is 4.42 Å². The zero-order chi connectivity index (χ0) is 10.5. The fourth-order valence-corrected chi connectivity index (χ4v) is 2.49. The van der Waals surface area contributed by atoms with Crippen molar-refractivity contribution in [1.29, 1.82) is 0 Å². The van der Waals surface area contributed by atoms with E-state index in [1.807, 2.05) is 12.1 Å². The molecule has 0 radical (unpaired) electrons. The van der Waals surface area contributed by atoms with Crippen LogP contribution in [0.15, 0.2) is 33.4 Å². The van der Waals surface area contributed by atoms with Gasteiger partial charge in [0.2, 0.25) is 0 Å². The molecule has 0 fully saturated rings. The average Bonchev–Trinajstić information content (AvgIpc) is 2.84. The largest absolute Gasteiger partial charge is 0.454 e. The van der Waals surface area contributed by atoms with Crippen molar-refractivity contribution < 1.29 is 4.42 Å². The maximum absolute atomic E-state index is 5.45. The monoisotopic (exact) mass is 333 g/mol. The van der Waals surface area contributed by atoms with E-state index >= 15 is 0 Å². The van der Waals surface area contributed by atoms with Gasteiger partial charge in [-0.25, -0.2) is 0 Å². The van der Waals surface area contributed by atoms with E-state index in [1.165, 1.54) is 5.56 Å². The van der Waals surface area contributed by atoms with Crippen LogP contribution in [-0.4, -0.2) is 6.54 Å². The van der Waals surface area contributed by atoms with E-state index in [2.05, 4.69) is 44.7 Å². The lowest BCUT2D eigenvalue weighted by Crippen LogP contribution is -2.15. The molecule has 0 saturated heterocycles. The van der Waals surface area contributed by atoms with Gasteiger partial charge in [-0.2, -0.15) is 11.3 Å². The minimum Gasteiger partial charge on any atom is -0.454 e. The molecule has 0 aliphatic rings. The molecule has 2 heterocycles. The van der Waals surface area contributed by atoms with Crippen LogP contribution in [0.3, 0.4) is 0 Å². The molecule has 2 aromatic rings. The zero-order valence-electron chi connectivity index (χ0n) is 8.20. The summed E-state index contributed by atoms with van der Waals surface area (Å²) in [6.45, 7) is 1.81. The molecule has 4 heteroatoms. The number of rotatable bonds is 5. The van der Waals surface area contributed by atoms with Crippen LogP contribution in [0, 0.1) is 3.77 Å². The van der Waals surface area contributed by atoms with Gasteiger partial charge in [0.15, 0.2) is 3.77 Å². The predicted octanol–water partition coefficient (Wildman–Crippen LogP) is 3.28. The number of thiophene rings is 1. The molecule has 0 unspecified atom stereocenters. The Morgan fingerprint density at radius 2 is 2.27 bits per heavy atom. The normalized spacial score (nSPS) is 10.7.